The van der Waals surface area contributed by atoms with Crippen molar-refractivity contribution in [3.63, 3.8) is 0 Å². The van der Waals surface area contributed by atoms with Crippen LogP contribution < -0.4 is 5.43 Å². The molecular weight excluding hydrogens is 406 g/mol. The van der Waals surface area contributed by atoms with Crippen molar-refractivity contribution in [3.05, 3.63) is 65.6 Å². The second-order valence-electron chi connectivity index (χ2n) is 6.76. The number of nitrogens with zero attached hydrogens (tertiary/aromatic N) is 4. The summed E-state index contributed by atoms with van der Waals surface area (Å²) in [5, 5.41) is 11.8. The van der Waals surface area contributed by atoms with E-state index in [2.05, 4.69) is 20.4 Å². The van der Waals surface area contributed by atoms with Crippen molar-refractivity contribution in [1.29, 1.82) is 0 Å². The molecule has 1 atom stereocenters. The lowest BCUT2D eigenvalue weighted by Gasteiger charge is -2.34. The molecule has 9 heteroatoms. The van der Waals surface area contributed by atoms with Gasteiger partial charge in [-0.25, -0.2) is 15.0 Å². The van der Waals surface area contributed by atoms with Gasteiger partial charge in [0.15, 0.2) is 5.82 Å². The van der Waals surface area contributed by atoms with Gasteiger partial charge in [-0.3, -0.25) is 15.2 Å². The number of carbonyl (C=O) groups is 1. The van der Waals surface area contributed by atoms with Crippen molar-refractivity contribution in [3.8, 4) is 22.6 Å². The number of rotatable bonds is 5. The number of carbonyl (C=O) groups excluding carboxylic acids is 1. The van der Waals surface area contributed by atoms with E-state index in [1.807, 2.05) is 18.2 Å². The number of aliphatic hydroxyl groups excluding tert-OH is 1. The third kappa shape index (κ3) is 4.63. The molecule has 0 spiro atoms. The smallest absolute Gasteiger partial charge is 0.284 e. The Labute approximate surface area is 178 Å². The van der Waals surface area contributed by atoms with Gasteiger partial charge in [0, 0.05) is 35.1 Å². The molecule has 0 aliphatic carbocycles. The molecule has 3 aromatic rings. The van der Waals surface area contributed by atoms with Crippen LogP contribution in [0.25, 0.3) is 22.6 Å². The molecule has 1 fully saturated rings. The van der Waals surface area contributed by atoms with Gasteiger partial charge in [-0.1, -0.05) is 23.7 Å². The van der Waals surface area contributed by atoms with Crippen LogP contribution in [0.15, 0.2) is 54.9 Å². The maximum Gasteiger partial charge on any atom is 0.284 e. The third-order valence-electron chi connectivity index (χ3n) is 4.70. The van der Waals surface area contributed by atoms with Gasteiger partial charge in [-0.05, 0) is 30.3 Å². The Morgan fingerprint density at radius 2 is 2.07 bits per heavy atom. The molecular formula is C21H20ClN5O3. The number of aliphatic hydroxyl groups is 1. The Hall–Kier alpha value is -2.91. The number of ether oxygens (including phenoxy) is 1. The highest BCUT2D eigenvalue weighted by Crippen LogP contribution is 2.24. The van der Waals surface area contributed by atoms with Crippen molar-refractivity contribution in [2.45, 2.75) is 6.04 Å². The SMILES string of the molecule is O=C(NN1CCOC[C@@H]1CO)c1cc(-c2ccc(Cl)cc2)nc(-c2cccnc2)n1. The highest BCUT2D eigenvalue weighted by Gasteiger charge is 2.25. The van der Waals surface area contributed by atoms with Crippen LogP contribution in [0.3, 0.4) is 0 Å². The first-order valence-electron chi connectivity index (χ1n) is 9.45. The fourth-order valence-corrected chi connectivity index (χ4v) is 3.22. The normalized spacial score (nSPS) is 16.9. The van der Waals surface area contributed by atoms with Crippen LogP contribution in [0, 0.1) is 0 Å². The summed E-state index contributed by atoms with van der Waals surface area (Å²) >= 11 is 6.00. The van der Waals surface area contributed by atoms with Crippen LogP contribution in [-0.2, 0) is 4.74 Å². The summed E-state index contributed by atoms with van der Waals surface area (Å²) in [6.07, 6.45) is 3.31. The molecule has 0 unspecified atom stereocenters. The van der Waals surface area contributed by atoms with Gasteiger partial charge in [0.05, 0.1) is 31.6 Å². The summed E-state index contributed by atoms with van der Waals surface area (Å²) in [6, 6.07) is 12.1. The minimum absolute atomic E-state index is 0.124. The predicted octanol–water partition coefficient (Wildman–Crippen LogP) is 2.20. The predicted molar refractivity (Wildman–Crippen MR) is 112 cm³/mol. The van der Waals surface area contributed by atoms with Crippen LogP contribution in [-0.4, -0.2) is 63.4 Å². The zero-order valence-corrected chi connectivity index (χ0v) is 16.8. The molecule has 30 heavy (non-hydrogen) atoms. The molecule has 0 saturated carbocycles. The minimum atomic E-state index is -0.391. The lowest BCUT2D eigenvalue weighted by Crippen LogP contribution is -2.56. The Balaban J connectivity index is 1.70. The Morgan fingerprint density at radius 3 is 2.80 bits per heavy atom. The molecule has 1 aliphatic heterocycles. The molecule has 1 aromatic carbocycles. The van der Waals surface area contributed by atoms with Gasteiger partial charge in [0.1, 0.15) is 5.69 Å². The van der Waals surface area contributed by atoms with E-state index in [9.17, 15) is 9.90 Å². The molecule has 2 N–H and O–H groups in total. The van der Waals surface area contributed by atoms with Gasteiger partial charge in [-0.15, -0.1) is 0 Å². The fourth-order valence-electron chi connectivity index (χ4n) is 3.10. The van der Waals surface area contributed by atoms with Gasteiger partial charge in [0.2, 0.25) is 0 Å². The molecule has 0 bridgehead atoms. The van der Waals surface area contributed by atoms with E-state index in [1.54, 1.807) is 41.7 Å². The summed E-state index contributed by atoms with van der Waals surface area (Å²) in [7, 11) is 0. The zero-order valence-electron chi connectivity index (χ0n) is 16.0. The second kappa shape index (κ2) is 9.27. The first-order valence-corrected chi connectivity index (χ1v) is 9.83. The van der Waals surface area contributed by atoms with E-state index in [0.29, 0.717) is 41.9 Å². The van der Waals surface area contributed by atoms with E-state index in [-0.39, 0.29) is 18.3 Å². The Kier molecular flexibility index (Phi) is 6.29. The van der Waals surface area contributed by atoms with Gasteiger partial charge >= 0.3 is 0 Å². The molecule has 3 heterocycles. The largest absolute Gasteiger partial charge is 0.395 e. The number of hydrazine groups is 1. The maximum atomic E-state index is 13.0. The number of hydrogen-bond donors (Lipinski definition) is 2. The second-order valence-corrected chi connectivity index (χ2v) is 7.19. The summed E-state index contributed by atoms with van der Waals surface area (Å²) in [5.41, 5.74) is 5.13. The fraction of sp³-hybridized carbons (Fsp3) is 0.238. The summed E-state index contributed by atoms with van der Waals surface area (Å²) in [4.78, 5) is 26.2. The molecule has 0 radical (unpaired) electrons. The van der Waals surface area contributed by atoms with Gasteiger partial charge in [0.25, 0.3) is 5.91 Å². The Bertz CT molecular complexity index is 1020. The maximum absolute atomic E-state index is 13.0. The number of pyridine rings is 1. The molecule has 4 rings (SSSR count). The van der Waals surface area contributed by atoms with Crippen molar-refractivity contribution in [1.82, 2.24) is 25.4 Å². The number of aromatic nitrogens is 3. The van der Waals surface area contributed by atoms with Crippen molar-refractivity contribution >= 4 is 17.5 Å². The topological polar surface area (TPSA) is 100 Å². The van der Waals surface area contributed by atoms with Gasteiger partial charge in [-0.2, -0.15) is 0 Å². The third-order valence-corrected chi connectivity index (χ3v) is 4.95. The number of benzene rings is 1. The standard InChI is InChI=1S/C21H20ClN5O3/c22-16-5-3-14(4-6-16)18-10-19(25-20(24-18)15-2-1-7-23-11-15)21(29)26-27-8-9-30-13-17(27)12-28/h1-7,10-11,17,28H,8-9,12-13H2,(H,26,29)/t17-/m0/s1. The molecule has 1 aliphatic rings. The first-order chi connectivity index (χ1) is 14.6. The lowest BCUT2D eigenvalue weighted by molar-refractivity contribution is -0.0472. The molecule has 1 amide bonds. The van der Waals surface area contributed by atoms with Crippen molar-refractivity contribution < 1.29 is 14.6 Å². The van der Waals surface area contributed by atoms with Crippen molar-refractivity contribution in [2.75, 3.05) is 26.4 Å². The quantitative estimate of drug-likeness (QED) is 0.646. The number of nitrogens with one attached hydrogen (secondary N) is 1. The number of amides is 1. The molecule has 154 valence electrons. The van der Waals surface area contributed by atoms with Crippen molar-refractivity contribution in [2.24, 2.45) is 0 Å². The lowest BCUT2D eigenvalue weighted by atomic mass is 10.1. The molecule has 1 saturated heterocycles. The molecule has 8 nitrogen and oxygen atoms in total. The molecule has 2 aromatic heterocycles. The van der Waals surface area contributed by atoms with E-state index in [1.165, 1.54) is 0 Å². The number of morpholine rings is 1. The summed E-state index contributed by atoms with van der Waals surface area (Å²) < 4.78 is 5.36. The van der Waals surface area contributed by atoms with Crippen LogP contribution in [0.2, 0.25) is 5.02 Å². The highest BCUT2D eigenvalue weighted by molar-refractivity contribution is 6.30. The van der Waals surface area contributed by atoms with Gasteiger partial charge < -0.3 is 9.84 Å². The van der Waals surface area contributed by atoms with Crippen LogP contribution in [0.5, 0.6) is 0 Å². The average Bonchev–Trinajstić information content (AvgIpc) is 2.80. The van der Waals surface area contributed by atoms with E-state index >= 15 is 0 Å². The van der Waals surface area contributed by atoms with Crippen LogP contribution in [0.1, 0.15) is 10.5 Å². The number of hydrogen-bond acceptors (Lipinski definition) is 7. The zero-order chi connectivity index (χ0) is 20.9. The van der Waals surface area contributed by atoms with E-state index in [0.717, 1.165) is 5.56 Å². The minimum Gasteiger partial charge on any atom is -0.395 e. The van der Waals surface area contributed by atoms with E-state index in [4.69, 9.17) is 16.3 Å². The number of halogens is 1. The van der Waals surface area contributed by atoms with Crippen LogP contribution in [0.4, 0.5) is 0 Å². The summed E-state index contributed by atoms with van der Waals surface area (Å²) in [6.45, 7) is 1.16. The van der Waals surface area contributed by atoms with E-state index < -0.39 is 5.91 Å². The highest BCUT2D eigenvalue weighted by atomic mass is 35.5. The Morgan fingerprint density at radius 1 is 1.23 bits per heavy atom. The monoisotopic (exact) mass is 425 g/mol. The average molecular weight is 426 g/mol. The van der Waals surface area contributed by atoms with Crippen LogP contribution >= 0.6 is 11.6 Å². The summed E-state index contributed by atoms with van der Waals surface area (Å²) in [5.74, 6) is -0.000473. The first kappa shape index (κ1) is 20.4.